The van der Waals surface area contributed by atoms with Crippen LogP contribution in [0.15, 0.2) is 12.1 Å². The first-order valence-corrected chi connectivity index (χ1v) is 11.9. The first kappa shape index (κ1) is 21.8. The monoisotopic (exact) mass is 438 g/mol. The van der Waals surface area contributed by atoms with Crippen molar-refractivity contribution >= 4 is 21.9 Å². The van der Waals surface area contributed by atoms with Crippen molar-refractivity contribution < 1.29 is 18.1 Å². The zero-order valence-electron chi connectivity index (χ0n) is 17.7. The van der Waals surface area contributed by atoms with Crippen molar-refractivity contribution in [3.63, 3.8) is 0 Å². The van der Waals surface area contributed by atoms with E-state index < -0.39 is 11.0 Å². The second-order valence-corrected chi connectivity index (χ2v) is 9.61. The van der Waals surface area contributed by atoms with Gasteiger partial charge in [0.05, 0.1) is 23.2 Å². The number of nitrogens with one attached hydrogen (secondary N) is 1. The lowest BCUT2D eigenvalue weighted by Crippen LogP contribution is -2.46. The molecule has 4 rings (SSSR count). The van der Waals surface area contributed by atoms with Crippen LogP contribution in [0.1, 0.15) is 36.9 Å². The standard InChI is InChI=1S/C21H31FN4O3S/c1-15-21-18(22)11-16(12-19(21)25(24-15)8-3-4-9-28-2)14-26(17-5-6-17)30(27)20-13-23-7-10-29-20/h11-12,17,20,23H,3-10,13-14H2,1-2H3/t20-,30?/m0/s1. The summed E-state index contributed by atoms with van der Waals surface area (Å²) in [5.41, 5.74) is 1.98. The van der Waals surface area contributed by atoms with Crippen LogP contribution in [0.3, 0.4) is 0 Å². The maximum absolute atomic E-state index is 15.0. The number of halogens is 1. The predicted octanol–water partition coefficient (Wildman–Crippen LogP) is 2.48. The number of aryl methyl sites for hydroxylation is 2. The fourth-order valence-corrected chi connectivity index (χ4v) is 5.52. The summed E-state index contributed by atoms with van der Waals surface area (Å²) in [7, 11) is 0.423. The summed E-state index contributed by atoms with van der Waals surface area (Å²) in [5, 5.41) is 8.37. The van der Waals surface area contributed by atoms with Gasteiger partial charge in [-0.1, -0.05) is 0 Å². The van der Waals surface area contributed by atoms with E-state index in [0.29, 0.717) is 37.4 Å². The van der Waals surface area contributed by atoms with Crippen molar-refractivity contribution in [3.05, 3.63) is 29.2 Å². The van der Waals surface area contributed by atoms with Gasteiger partial charge in [-0.2, -0.15) is 5.10 Å². The van der Waals surface area contributed by atoms with E-state index in [4.69, 9.17) is 9.47 Å². The van der Waals surface area contributed by atoms with Crippen LogP contribution in [0.2, 0.25) is 0 Å². The fraction of sp³-hybridized carbons (Fsp3) is 0.667. The maximum atomic E-state index is 15.0. The summed E-state index contributed by atoms with van der Waals surface area (Å²) in [5.74, 6) is -0.264. The van der Waals surface area contributed by atoms with E-state index in [1.54, 1.807) is 13.2 Å². The Morgan fingerprint density at radius 2 is 2.23 bits per heavy atom. The van der Waals surface area contributed by atoms with Gasteiger partial charge in [0.2, 0.25) is 0 Å². The van der Waals surface area contributed by atoms with E-state index in [2.05, 4.69) is 10.4 Å². The van der Waals surface area contributed by atoms with E-state index in [1.807, 2.05) is 22.0 Å². The van der Waals surface area contributed by atoms with E-state index in [-0.39, 0.29) is 17.3 Å². The minimum atomic E-state index is -1.27. The minimum absolute atomic E-state index is 0.264. The molecular weight excluding hydrogens is 407 g/mol. The number of fused-ring (bicyclic) bond motifs is 1. The van der Waals surface area contributed by atoms with Gasteiger partial charge < -0.3 is 14.8 Å². The van der Waals surface area contributed by atoms with Crippen molar-refractivity contribution in [2.24, 2.45) is 0 Å². The normalized spacial score (nSPS) is 20.9. The molecule has 166 valence electrons. The topological polar surface area (TPSA) is 68.6 Å². The second kappa shape index (κ2) is 9.82. The smallest absolute Gasteiger partial charge is 0.159 e. The third-order valence-corrected chi connectivity index (χ3v) is 7.29. The molecule has 1 aliphatic carbocycles. The zero-order chi connectivity index (χ0) is 21.1. The lowest BCUT2D eigenvalue weighted by atomic mass is 10.1. The van der Waals surface area contributed by atoms with Crippen LogP contribution in [0, 0.1) is 12.7 Å². The Labute approximate surface area is 179 Å². The van der Waals surface area contributed by atoms with Crippen LogP contribution < -0.4 is 5.32 Å². The molecule has 2 heterocycles. The molecule has 1 aliphatic heterocycles. The Balaban J connectivity index is 1.55. The van der Waals surface area contributed by atoms with Gasteiger partial charge in [0.15, 0.2) is 5.44 Å². The van der Waals surface area contributed by atoms with Gasteiger partial charge in [0, 0.05) is 45.9 Å². The first-order chi connectivity index (χ1) is 14.6. The summed E-state index contributed by atoms with van der Waals surface area (Å²) >= 11 is 0. The molecule has 9 heteroatoms. The lowest BCUT2D eigenvalue weighted by Gasteiger charge is -2.29. The molecular formula is C21H31FN4O3S. The highest BCUT2D eigenvalue weighted by atomic mass is 32.2. The molecule has 0 spiro atoms. The molecule has 1 aromatic heterocycles. The molecule has 2 aliphatic rings. The van der Waals surface area contributed by atoms with Crippen LogP contribution in [0.4, 0.5) is 4.39 Å². The number of benzene rings is 1. The SMILES string of the molecule is COCCCCn1nc(C)c2c(F)cc(CN(C3CC3)S(=O)[C@H]3CNCCO3)cc21. The Morgan fingerprint density at radius 1 is 1.40 bits per heavy atom. The van der Waals surface area contributed by atoms with E-state index in [9.17, 15) is 8.60 Å². The van der Waals surface area contributed by atoms with Crippen molar-refractivity contribution in [2.75, 3.05) is 33.4 Å². The largest absolute Gasteiger partial charge is 0.385 e. The van der Waals surface area contributed by atoms with Crippen molar-refractivity contribution in [3.8, 4) is 0 Å². The summed E-state index contributed by atoms with van der Waals surface area (Å²) in [6.07, 6.45) is 3.89. The van der Waals surface area contributed by atoms with Crippen molar-refractivity contribution in [2.45, 2.75) is 57.2 Å². The molecule has 2 atom stereocenters. The average molecular weight is 439 g/mol. The average Bonchev–Trinajstić information content (AvgIpc) is 3.54. The molecule has 1 aromatic carbocycles. The molecule has 1 N–H and O–H groups in total. The van der Waals surface area contributed by atoms with Crippen LogP contribution in [0.25, 0.3) is 10.9 Å². The highest BCUT2D eigenvalue weighted by Gasteiger charge is 2.37. The highest BCUT2D eigenvalue weighted by Crippen LogP contribution is 2.32. The van der Waals surface area contributed by atoms with E-state index >= 15 is 0 Å². The van der Waals surface area contributed by atoms with Gasteiger partial charge in [-0.05, 0) is 50.3 Å². The van der Waals surface area contributed by atoms with Crippen LogP contribution >= 0.6 is 0 Å². The fourth-order valence-electron chi connectivity index (χ4n) is 3.97. The summed E-state index contributed by atoms with van der Waals surface area (Å²) in [4.78, 5) is 0. The number of rotatable bonds is 10. The summed E-state index contributed by atoms with van der Waals surface area (Å²) < 4.78 is 42.8. The minimum Gasteiger partial charge on any atom is -0.385 e. The quantitative estimate of drug-likeness (QED) is 0.577. The van der Waals surface area contributed by atoms with Crippen molar-refractivity contribution in [1.29, 1.82) is 0 Å². The predicted molar refractivity (Wildman–Crippen MR) is 115 cm³/mol. The number of hydrogen-bond donors (Lipinski definition) is 1. The Bertz CT molecular complexity index is 896. The summed E-state index contributed by atoms with van der Waals surface area (Å²) in [6, 6.07) is 3.84. The van der Waals surface area contributed by atoms with Gasteiger partial charge in [-0.15, -0.1) is 0 Å². The zero-order valence-corrected chi connectivity index (χ0v) is 18.5. The number of nitrogens with zero attached hydrogens (tertiary/aromatic N) is 3. The van der Waals surface area contributed by atoms with Crippen LogP contribution in [-0.4, -0.2) is 63.2 Å². The van der Waals surface area contributed by atoms with Gasteiger partial charge in [-0.25, -0.2) is 12.9 Å². The lowest BCUT2D eigenvalue weighted by molar-refractivity contribution is 0.0781. The van der Waals surface area contributed by atoms with E-state index in [1.165, 1.54) is 0 Å². The van der Waals surface area contributed by atoms with Gasteiger partial charge in [0.25, 0.3) is 0 Å². The van der Waals surface area contributed by atoms with Crippen LogP contribution in [0.5, 0.6) is 0 Å². The van der Waals surface area contributed by atoms with Gasteiger partial charge in [0.1, 0.15) is 16.8 Å². The number of morpholine rings is 1. The first-order valence-electron chi connectivity index (χ1n) is 10.7. The molecule has 2 aromatic rings. The highest BCUT2D eigenvalue weighted by molar-refractivity contribution is 7.83. The Hall–Kier alpha value is -1.39. The molecule has 30 heavy (non-hydrogen) atoms. The number of methoxy groups -OCH3 is 1. The molecule has 1 saturated heterocycles. The molecule has 0 bridgehead atoms. The number of ether oxygens (including phenoxy) is 2. The van der Waals surface area contributed by atoms with E-state index in [0.717, 1.165) is 49.9 Å². The van der Waals surface area contributed by atoms with Gasteiger partial charge in [-0.3, -0.25) is 4.68 Å². The molecule has 1 saturated carbocycles. The summed E-state index contributed by atoms with van der Waals surface area (Å²) in [6.45, 7) is 5.64. The van der Waals surface area contributed by atoms with Crippen molar-refractivity contribution in [1.82, 2.24) is 19.4 Å². The Kier molecular flexibility index (Phi) is 7.15. The Morgan fingerprint density at radius 3 is 2.93 bits per heavy atom. The third-order valence-electron chi connectivity index (χ3n) is 5.65. The molecule has 0 amide bonds. The molecule has 1 unspecified atom stereocenters. The van der Waals surface area contributed by atoms with Gasteiger partial charge >= 0.3 is 0 Å². The second-order valence-electron chi connectivity index (χ2n) is 8.07. The number of hydrogen-bond acceptors (Lipinski definition) is 5. The molecule has 2 fully saturated rings. The third kappa shape index (κ3) is 4.91. The maximum Gasteiger partial charge on any atom is 0.159 e. The van der Waals surface area contributed by atoms with Crippen LogP contribution in [-0.2, 0) is 33.5 Å². The molecule has 0 radical (unpaired) electrons. The number of unbranched alkanes of at least 4 members (excludes halogenated alkanes) is 1. The molecule has 7 nitrogen and oxygen atoms in total. The number of aromatic nitrogens is 2.